The number of hydrogen-bond donors (Lipinski definition) is 0. The summed E-state index contributed by atoms with van der Waals surface area (Å²) in [5.74, 6) is 1.30. The Bertz CT molecular complexity index is 891. The zero-order valence-corrected chi connectivity index (χ0v) is 16.9. The molecular formula is C21H21ClN2O2S. The largest absolute Gasteiger partial charge is 0.441 e. The molecule has 0 aliphatic carbocycles. The van der Waals surface area contributed by atoms with E-state index >= 15 is 0 Å². The standard InChI is InChI=1S/C21H21ClN2O2S/c1-24(14-15-3-9-18(27-2)10-4-15)21(25)12-11-20-23-13-19(26-20)16-5-7-17(22)8-6-16/h3-10,13H,11-12,14H2,1-2H3. The fourth-order valence-electron chi connectivity index (χ4n) is 2.67. The van der Waals surface area contributed by atoms with Crippen molar-refractivity contribution in [3.05, 3.63) is 71.2 Å². The van der Waals surface area contributed by atoms with E-state index in [2.05, 4.69) is 29.2 Å². The molecule has 0 spiro atoms. The van der Waals surface area contributed by atoms with Gasteiger partial charge >= 0.3 is 0 Å². The second kappa shape index (κ2) is 9.11. The molecular weight excluding hydrogens is 380 g/mol. The summed E-state index contributed by atoms with van der Waals surface area (Å²) in [4.78, 5) is 19.6. The SMILES string of the molecule is CSc1ccc(CN(C)C(=O)CCc2ncc(-c3ccc(Cl)cc3)o2)cc1. The minimum absolute atomic E-state index is 0.0650. The Morgan fingerprint density at radius 1 is 1.15 bits per heavy atom. The molecule has 1 heterocycles. The van der Waals surface area contributed by atoms with Crippen molar-refractivity contribution < 1.29 is 9.21 Å². The summed E-state index contributed by atoms with van der Waals surface area (Å²) < 4.78 is 5.76. The molecule has 0 N–H and O–H groups in total. The van der Waals surface area contributed by atoms with E-state index in [1.165, 1.54) is 4.90 Å². The van der Waals surface area contributed by atoms with Crippen molar-refractivity contribution in [2.24, 2.45) is 0 Å². The van der Waals surface area contributed by atoms with Crippen molar-refractivity contribution in [1.82, 2.24) is 9.88 Å². The van der Waals surface area contributed by atoms with Gasteiger partial charge in [0, 0.05) is 41.9 Å². The molecule has 0 unspecified atom stereocenters. The molecule has 4 nitrogen and oxygen atoms in total. The predicted octanol–water partition coefficient (Wildman–Crippen LogP) is 5.31. The van der Waals surface area contributed by atoms with Crippen LogP contribution in [0.2, 0.25) is 5.02 Å². The van der Waals surface area contributed by atoms with E-state index in [9.17, 15) is 4.79 Å². The molecule has 3 aromatic rings. The van der Waals surface area contributed by atoms with Crippen LogP contribution >= 0.6 is 23.4 Å². The number of oxazole rings is 1. The summed E-state index contributed by atoms with van der Waals surface area (Å²) in [6, 6.07) is 15.6. The number of amides is 1. The van der Waals surface area contributed by atoms with Gasteiger partial charge in [-0.2, -0.15) is 0 Å². The van der Waals surface area contributed by atoms with Gasteiger partial charge in [-0.1, -0.05) is 23.7 Å². The Labute approximate surface area is 168 Å². The van der Waals surface area contributed by atoms with Gasteiger partial charge in [0.25, 0.3) is 0 Å². The average molecular weight is 401 g/mol. The number of carbonyl (C=O) groups is 1. The van der Waals surface area contributed by atoms with Gasteiger partial charge in [-0.25, -0.2) is 4.98 Å². The van der Waals surface area contributed by atoms with Gasteiger partial charge < -0.3 is 9.32 Å². The van der Waals surface area contributed by atoms with Gasteiger partial charge in [0.2, 0.25) is 5.91 Å². The third-order valence-electron chi connectivity index (χ3n) is 4.24. The van der Waals surface area contributed by atoms with Crippen molar-refractivity contribution in [3.63, 3.8) is 0 Å². The zero-order valence-electron chi connectivity index (χ0n) is 15.3. The molecule has 0 aliphatic heterocycles. The van der Waals surface area contributed by atoms with Crippen LogP contribution in [0.1, 0.15) is 17.9 Å². The molecule has 1 amide bonds. The van der Waals surface area contributed by atoms with E-state index in [0.717, 1.165) is 11.1 Å². The first-order valence-electron chi connectivity index (χ1n) is 8.62. The van der Waals surface area contributed by atoms with Gasteiger partial charge in [0.05, 0.1) is 6.20 Å². The third kappa shape index (κ3) is 5.37. The molecule has 140 valence electrons. The molecule has 0 bridgehead atoms. The molecule has 0 atom stereocenters. The molecule has 3 rings (SSSR count). The van der Waals surface area contributed by atoms with Crippen LogP contribution in [0, 0.1) is 0 Å². The number of nitrogens with zero attached hydrogens (tertiary/aromatic N) is 2. The molecule has 1 aromatic heterocycles. The lowest BCUT2D eigenvalue weighted by Gasteiger charge is -2.17. The van der Waals surface area contributed by atoms with Crippen LogP contribution in [-0.2, 0) is 17.8 Å². The molecule has 0 fully saturated rings. The van der Waals surface area contributed by atoms with Gasteiger partial charge in [-0.3, -0.25) is 4.79 Å². The number of aromatic nitrogens is 1. The zero-order chi connectivity index (χ0) is 19.2. The van der Waals surface area contributed by atoms with Crippen molar-refractivity contribution >= 4 is 29.3 Å². The lowest BCUT2D eigenvalue weighted by atomic mass is 10.2. The monoisotopic (exact) mass is 400 g/mol. The number of carbonyl (C=O) groups excluding carboxylic acids is 1. The lowest BCUT2D eigenvalue weighted by molar-refractivity contribution is -0.130. The maximum atomic E-state index is 12.4. The molecule has 27 heavy (non-hydrogen) atoms. The summed E-state index contributed by atoms with van der Waals surface area (Å²) in [7, 11) is 1.82. The van der Waals surface area contributed by atoms with E-state index in [-0.39, 0.29) is 5.91 Å². The van der Waals surface area contributed by atoms with Crippen molar-refractivity contribution in [3.8, 4) is 11.3 Å². The van der Waals surface area contributed by atoms with Gasteiger partial charge in [0.1, 0.15) is 0 Å². The molecule has 2 aromatic carbocycles. The van der Waals surface area contributed by atoms with Gasteiger partial charge in [0.15, 0.2) is 11.7 Å². The van der Waals surface area contributed by atoms with Gasteiger partial charge in [-0.15, -0.1) is 11.8 Å². The summed E-state index contributed by atoms with van der Waals surface area (Å²) in [6.07, 6.45) is 4.56. The molecule has 0 aliphatic rings. The number of benzene rings is 2. The maximum Gasteiger partial charge on any atom is 0.223 e. The van der Waals surface area contributed by atoms with Crippen LogP contribution < -0.4 is 0 Å². The van der Waals surface area contributed by atoms with E-state index in [1.54, 1.807) is 22.9 Å². The van der Waals surface area contributed by atoms with Crippen LogP contribution in [0.25, 0.3) is 11.3 Å². The minimum atomic E-state index is 0.0650. The number of hydrogen-bond acceptors (Lipinski definition) is 4. The first kappa shape index (κ1) is 19.5. The molecule has 0 saturated carbocycles. The van der Waals surface area contributed by atoms with Crippen molar-refractivity contribution in [1.29, 1.82) is 0 Å². The summed E-state index contributed by atoms with van der Waals surface area (Å²) in [5, 5.41) is 0.676. The van der Waals surface area contributed by atoms with Crippen LogP contribution in [0.5, 0.6) is 0 Å². The van der Waals surface area contributed by atoms with Crippen LogP contribution in [0.4, 0.5) is 0 Å². The van der Waals surface area contributed by atoms with Crippen LogP contribution in [-0.4, -0.2) is 29.1 Å². The average Bonchev–Trinajstić information content (AvgIpc) is 3.16. The Balaban J connectivity index is 1.53. The second-order valence-corrected chi connectivity index (χ2v) is 7.54. The predicted molar refractivity (Wildman–Crippen MR) is 110 cm³/mol. The Morgan fingerprint density at radius 2 is 1.85 bits per heavy atom. The highest BCUT2D eigenvalue weighted by molar-refractivity contribution is 7.98. The Morgan fingerprint density at radius 3 is 2.52 bits per heavy atom. The van der Waals surface area contributed by atoms with Gasteiger partial charge in [-0.05, 0) is 48.2 Å². The maximum absolute atomic E-state index is 12.4. The highest BCUT2D eigenvalue weighted by Gasteiger charge is 2.13. The van der Waals surface area contributed by atoms with E-state index < -0.39 is 0 Å². The fraction of sp³-hybridized carbons (Fsp3) is 0.238. The third-order valence-corrected chi connectivity index (χ3v) is 5.24. The highest BCUT2D eigenvalue weighted by Crippen LogP contribution is 2.23. The van der Waals surface area contributed by atoms with E-state index in [1.807, 2.05) is 37.6 Å². The summed E-state index contributed by atoms with van der Waals surface area (Å²) in [5.41, 5.74) is 2.03. The molecule has 0 saturated heterocycles. The quantitative estimate of drug-likeness (QED) is 0.504. The van der Waals surface area contributed by atoms with Crippen molar-refractivity contribution in [2.75, 3.05) is 13.3 Å². The van der Waals surface area contributed by atoms with Crippen LogP contribution in [0.15, 0.2) is 64.0 Å². The number of aryl methyl sites for hydroxylation is 1. The molecule has 6 heteroatoms. The summed E-state index contributed by atoms with van der Waals surface area (Å²) >= 11 is 7.61. The van der Waals surface area contributed by atoms with Crippen LogP contribution in [0.3, 0.4) is 0 Å². The number of rotatable bonds is 7. The number of halogens is 1. The first-order valence-corrected chi connectivity index (χ1v) is 10.2. The van der Waals surface area contributed by atoms with E-state index in [4.69, 9.17) is 16.0 Å². The second-order valence-electron chi connectivity index (χ2n) is 6.22. The lowest BCUT2D eigenvalue weighted by Crippen LogP contribution is -2.26. The first-order chi connectivity index (χ1) is 13.0. The Kier molecular flexibility index (Phi) is 6.58. The molecule has 0 radical (unpaired) electrons. The van der Waals surface area contributed by atoms with E-state index in [0.29, 0.717) is 36.1 Å². The summed E-state index contributed by atoms with van der Waals surface area (Å²) in [6.45, 7) is 0.592. The topological polar surface area (TPSA) is 46.3 Å². The fourth-order valence-corrected chi connectivity index (χ4v) is 3.21. The Hall–Kier alpha value is -2.24. The van der Waals surface area contributed by atoms with Crippen molar-refractivity contribution in [2.45, 2.75) is 24.3 Å². The number of thioether (sulfide) groups is 1. The normalized spacial score (nSPS) is 10.8. The smallest absolute Gasteiger partial charge is 0.223 e. The minimum Gasteiger partial charge on any atom is -0.441 e. The highest BCUT2D eigenvalue weighted by atomic mass is 35.5.